The summed E-state index contributed by atoms with van der Waals surface area (Å²) < 4.78 is 30.4. The van der Waals surface area contributed by atoms with Crippen molar-refractivity contribution in [1.82, 2.24) is 5.32 Å². The van der Waals surface area contributed by atoms with Crippen LogP contribution in [0.1, 0.15) is 20.8 Å². The minimum Gasteiger partial charge on any atom is -0.372 e. The molecule has 0 unspecified atom stereocenters. The number of halogens is 2. The fraction of sp³-hybridized carbons (Fsp3) is 1.00. The molecule has 0 fully saturated rings. The standard InChI is InChI=1S/C8H17F2NO/c1-4-11-5-8(9,10)6-12-7(2)3/h7,11H,4-6H2,1-3H3. The van der Waals surface area contributed by atoms with Crippen LogP contribution in [-0.2, 0) is 4.74 Å². The summed E-state index contributed by atoms with van der Waals surface area (Å²) in [5.41, 5.74) is 0. The summed E-state index contributed by atoms with van der Waals surface area (Å²) in [7, 11) is 0. The van der Waals surface area contributed by atoms with Crippen molar-refractivity contribution in [3.8, 4) is 0 Å². The lowest BCUT2D eigenvalue weighted by Gasteiger charge is -2.18. The summed E-state index contributed by atoms with van der Waals surface area (Å²) in [5, 5.41) is 2.58. The van der Waals surface area contributed by atoms with E-state index in [0.717, 1.165) is 0 Å². The summed E-state index contributed by atoms with van der Waals surface area (Å²) in [6, 6.07) is 0. The maximum absolute atomic E-state index is 12.8. The first-order valence-electron chi connectivity index (χ1n) is 4.18. The van der Waals surface area contributed by atoms with Gasteiger partial charge in [0.2, 0.25) is 0 Å². The van der Waals surface area contributed by atoms with Crippen molar-refractivity contribution in [2.24, 2.45) is 0 Å². The number of nitrogens with one attached hydrogen (secondary N) is 1. The molecule has 0 aliphatic rings. The molecular formula is C8H17F2NO. The van der Waals surface area contributed by atoms with Crippen molar-refractivity contribution in [2.45, 2.75) is 32.8 Å². The zero-order valence-electron chi connectivity index (χ0n) is 7.86. The SMILES string of the molecule is CCNCC(F)(F)COC(C)C. The molecule has 0 aromatic carbocycles. The van der Waals surface area contributed by atoms with Gasteiger partial charge in [0, 0.05) is 0 Å². The van der Waals surface area contributed by atoms with Crippen LogP contribution in [-0.4, -0.2) is 31.7 Å². The molecule has 1 N–H and O–H groups in total. The maximum Gasteiger partial charge on any atom is 0.283 e. The van der Waals surface area contributed by atoms with Gasteiger partial charge in [-0.3, -0.25) is 0 Å². The van der Waals surface area contributed by atoms with Crippen LogP contribution in [0.15, 0.2) is 0 Å². The van der Waals surface area contributed by atoms with Crippen LogP contribution in [0.5, 0.6) is 0 Å². The average molecular weight is 181 g/mol. The fourth-order valence-electron chi connectivity index (χ4n) is 0.647. The second kappa shape index (κ2) is 5.43. The Morgan fingerprint density at radius 3 is 2.42 bits per heavy atom. The van der Waals surface area contributed by atoms with Gasteiger partial charge in [0.25, 0.3) is 5.92 Å². The minimum atomic E-state index is -2.75. The van der Waals surface area contributed by atoms with Crippen LogP contribution in [0.2, 0.25) is 0 Å². The molecular weight excluding hydrogens is 164 g/mol. The topological polar surface area (TPSA) is 21.3 Å². The molecule has 0 aromatic rings. The third kappa shape index (κ3) is 6.49. The zero-order valence-corrected chi connectivity index (χ0v) is 7.86. The predicted molar refractivity (Wildman–Crippen MR) is 44.6 cm³/mol. The van der Waals surface area contributed by atoms with Crippen LogP contribution in [0.3, 0.4) is 0 Å². The van der Waals surface area contributed by atoms with Gasteiger partial charge < -0.3 is 10.1 Å². The molecule has 0 amide bonds. The van der Waals surface area contributed by atoms with Crippen LogP contribution in [0.4, 0.5) is 8.78 Å². The molecule has 0 heterocycles. The monoisotopic (exact) mass is 181 g/mol. The Kier molecular flexibility index (Phi) is 5.33. The van der Waals surface area contributed by atoms with Crippen LogP contribution < -0.4 is 5.32 Å². The molecule has 0 atom stereocenters. The molecule has 0 spiro atoms. The van der Waals surface area contributed by atoms with E-state index in [-0.39, 0.29) is 12.6 Å². The summed E-state index contributed by atoms with van der Waals surface area (Å²) in [6.45, 7) is 5.01. The van der Waals surface area contributed by atoms with Crippen LogP contribution in [0, 0.1) is 0 Å². The lowest BCUT2D eigenvalue weighted by molar-refractivity contribution is -0.0896. The Bertz CT molecular complexity index is 118. The number of ether oxygens (including phenoxy) is 1. The molecule has 0 aliphatic heterocycles. The Hall–Kier alpha value is -0.220. The first-order chi connectivity index (χ1) is 5.48. The van der Waals surface area contributed by atoms with Gasteiger partial charge in [0.1, 0.15) is 6.61 Å². The molecule has 2 nitrogen and oxygen atoms in total. The molecule has 74 valence electrons. The van der Waals surface area contributed by atoms with Crippen LogP contribution in [0.25, 0.3) is 0 Å². The average Bonchev–Trinajstić information content (AvgIpc) is 1.98. The van der Waals surface area contributed by atoms with E-state index in [1.165, 1.54) is 0 Å². The first kappa shape index (κ1) is 11.8. The number of hydrogen-bond donors (Lipinski definition) is 1. The Labute approximate surface area is 72.3 Å². The van der Waals surface area contributed by atoms with Gasteiger partial charge in [-0.1, -0.05) is 6.92 Å². The normalized spacial score (nSPS) is 12.5. The second-order valence-electron chi connectivity index (χ2n) is 3.00. The number of rotatable bonds is 6. The van der Waals surface area contributed by atoms with E-state index in [1.54, 1.807) is 20.8 Å². The van der Waals surface area contributed by atoms with E-state index < -0.39 is 12.5 Å². The lowest BCUT2D eigenvalue weighted by atomic mass is 10.3. The zero-order chi connectivity index (χ0) is 9.61. The summed E-state index contributed by atoms with van der Waals surface area (Å²) >= 11 is 0. The highest BCUT2D eigenvalue weighted by atomic mass is 19.3. The van der Waals surface area contributed by atoms with E-state index in [2.05, 4.69) is 5.32 Å². The number of hydrogen-bond acceptors (Lipinski definition) is 2. The molecule has 0 saturated carbocycles. The van der Waals surface area contributed by atoms with Gasteiger partial charge in [-0.15, -0.1) is 0 Å². The van der Waals surface area contributed by atoms with E-state index in [0.29, 0.717) is 6.54 Å². The van der Waals surface area contributed by atoms with Crippen molar-refractivity contribution in [1.29, 1.82) is 0 Å². The summed E-state index contributed by atoms with van der Waals surface area (Å²) in [4.78, 5) is 0. The van der Waals surface area contributed by atoms with E-state index in [1.807, 2.05) is 0 Å². The van der Waals surface area contributed by atoms with Gasteiger partial charge in [-0.25, -0.2) is 8.78 Å². The molecule has 12 heavy (non-hydrogen) atoms. The summed E-state index contributed by atoms with van der Waals surface area (Å²) in [6.07, 6.45) is -0.141. The van der Waals surface area contributed by atoms with Crippen molar-refractivity contribution in [2.75, 3.05) is 19.7 Å². The largest absolute Gasteiger partial charge is 0.372 e. The van der Waals surface area contributed by atoms with E-state index >= 15 is 0 Å². The Morgan fingerprint density at radius 1 is 1.42 bits per heavy atom. The quantitative estimate of drug-likeness (QED) is 0.672. The molecule has 0 aliphatic carbocycles. The first-order valence-corrected chi connectivity index (χ1v) is 4.18. The van der Waals surface area contributed by atoms with E-state index in [4.69, 9.17) is 4.74 Å². The maximum atomic E-state index is 12.8. The summed E-state index contributed by atoms with van der Waals surface area (Å²) in [5.74, 6) is -2.75. The minimum absolute atomic E-state index is 0.141. The molecule has 0 radical (unpaired) electrons. The molecule has 0 aromatic heterocycles. The highest BCUT2D eigenvalue weighted by molar-refractivity contribution is 4.68. The third-order valence-electron chi connectivity index (χ3n) is 1.26. The third-order valence-corrected chi connectivity index (χ3v) is 1.26. The highest BCUT2D eigenvalue weighted by Gasteiger charge is 2.28. The van der Waals surface area contributed by atoms with Gasteiger partial charge in [0.05, 0.1) is 12.6 Å². The van der Waals surface area contributed by atoms with Gasteiger partial charge in [0.15, 0.2) is 0 Å². The van der Waals surface area contributed by atoms with Crippen LogP contribution >= 0.6 is 0 Å². The van der Waals surface area contributed by atoms with E-state index in [9.17, 15) is 8.78 Å². The van der Waals surface area contributed by atoms with Crippen molar-refractivity contribution >= 4 is 0 Å². The van der Waals surface area contributed by atoms with Crippen molar-refractivity contribution < 1.29 is 13.5 Å². The number of alkyl halides is 2. The van der Waals surface area contributed by atoms with Gasteiger partial charge >= 0.3 is 0 Å². The molecule has 4 heteroatoms. The molecule has 0 saturated heterocycles. The fourth-order valence-corrected chi connectivity index (χ4v) is 0.647. The predicted octanol–water partition coefficient (Wildman–Crippen LogP) is 1.66. The van der Waals surface area contributed by atoms with Gasteiger partial charge in [-0.05, 0) is 20.4 Å². The molecule has 0 rings (SSSR count). The van der Waals surface area contributed by atoms with Crippen molar-refractivity contribution in [3.63, 3.8) is 0 Å². The Balaban J connectivity index is 3.56. The second-order valence-corrected chi connectivity index (χ2v) is 3.00. The van der Waals surface area contributed by atoms with Crippen molar-refractivity contribution in [3.05, 3.63) is 0 Å². The molecule has 0 bridgehead atoms. The smallest absolute Gasteiger partial charge is 0.283 e. The highest BCUT2D eigenvalue weighted by Crippen LogP contribution is 2.12. The van der Waals surface area contributed by atoms with Gasteiger partial charge in [-0.2, -0.15) is 0 Å². The Morgan fingerprint density at radius 2 is 2.00 bits per heavy atom. The lowest BCUT2D eigenvalue weighted by Crippen LogP contribution is -2.37.